The molecule has 0 aromatic heterocycles. The topological polar surface area (TPSA) is 130 Å². The summed E-state index contributed by atoms with van der Waals surface area (Å²) < 4.78 is 0. The summed E-state index contributed by atoms with van der Waals surface area (Å²) >= 11 is 0. The van der Waals surface area contributed by atoms with Gasteiger partial charge < -0.3 is 27.2 Å². The molecule has 0 saturated heterocycles. The summed E-state index contributed by atoms with van der Waals surface area (Å²) in [6.45, 7) is 0.349. The predicted molar refractivity (Wildman–Crippen MR) is 75.8 cm³/mol. The van der Waals surface area contributed by atoms with Crippen molar-refractivity contribution in [3.63, 3.8) is 0 Å². The molecule has 0 bridgehead atoms. The molecule has 7 heteroatoms. The second-order valence-electron chi connectivity index (χ2n) is 4.38. The number of urea groups is 1. The number of aliphatic hydroxyl groups excluding tert-OH is 1. The van der Waals surface area contributed by atoms with Gasteiger partial charge in [-0.2, -0.15) is 0 Å². The second-order valence-corrected chi connectivity index (χ2v) is 4.38. The molecule has 1 aromatic rings. The number of primary amides is 1. The Kier molecular flexibility index (Phi) is 6.48. The Labute approximate surface area is 117 Å². The molecule has 0 spiro atoms. The highest BCUT2D eigenvalue weighted by molar-refractivity contribution is 5.94. The van der Waals surface area contributed by atoms with Gasteiger partial charge in [0.25, 0.3) is 0 Å². The van der Waals surface area contributed by atoms with Crippen LogP contribution in [0, 0.1) is 0 Å². The summed E-state index contributed by atoms with van der Waals surface area (Å²) in [6.07, 6.45) is 1.02. The molecule has 0 saturated carbocycles. The molecule has 0 heterocycles. The maximum absolute atomic E-state index is 11.8. The summed E-state index contributed by atoms with van der Waals surface area (Å²) in [5.41, 5.74) is 12.0. The highest BCUT2D eigenvalue weighted by Gasteiger charge is 2.13. The van der Waals surface area contributed by atoms with Crippen molar-refractivity contribution < 1.29 is 14.7 Å². The van der Waals surface area contributed by atoms with Gasteiger partial charge in [-0.15, -0.1) is 0 Å². The van der Waals surface area contributed by atoms with Crippen molar-refractivity contribution in [3.8, 4) is 0 Å². The van der Waals surface area contributed by atoms with E-state index in [1.807, 2.05) is 0 Å². The average Bonchev–Trinajstić information content (AvgIpc) is 2.44. The van der Waals surface area contributed by atoms with Gasteiger partial charge in [0.15, 0.2) is 0 Å². The van der Waals surface area contributed by atoms with Gasteiger partial charge in [-0.3, -0.25) is 4.79 Å². The average molecular weight is 280 g/mol. The third-order valence-corrected chi connectivity index (χ3v) is 2.73. The van der Waals surface area contributed by atoms with E-state index in [2.05, 4.69) is 10.6 Å². The Morgan fingerprint density at radius 1 is 1.25 bits per heavy atom. The van der Waals surface area contributed by atoms with Crippen molar-refractivity contribution in [2.75, 3.05) is 11.9 Å². The molecule has 3 amide bonds. The summed E-state index contributed by atoms with van der Waals surface area (Å²) in [4.78, 5) is 22.3. The smallest absolute Gasteiger partial charge is 0.312 e. The molecule has 1 atom stereocenters. The molecule has 0 unspecified atom stereocenters. The van der Waals surface area contributed by atoms with Gasteiger partial charge in [0.1, 0.15) is 0 Å². The Balaban J connectivity index is 2.34. The van der Waals surface area contributed by atoms with Gasteiger partial charge in [0, 0.05) is 12.2 Å². The fourth-order valence-electron chi connectivity index (χ4n) is 1.59. The molecule has 0 fully saturated rings. The first kappa shape index (κ1) is 15.9. The normalized spacial score (nSPS) is 11.7. The van der Waals surface area contributed by atoms with E-state index in [9.17, 15) is 9.59 Å². The molecule has 7 N–H and O–H groups in total. The van der Waals surface area contributed by atoms with Crippen LogP contribution in [0.2, 0.25) is 0 Å². The van der Waals surface area contributed by atoms with Crippen LogP contribution in [0.3, 0.4) is 0 Å². The van der Waals surface area contributed by atoms with E-state index in [0.717, 1.165) is 5.56 Å². The minimum absolute atomic E-state index is 0.0411. The number of amides is 3. The maximum Gasteiger partial charge on any atom is 0.312 e. The number of nitrogens with two attached hydrogens (primary N) is 2. The first-order valence-electron chi connectivity index (χ1n) is 6.32. The summed E-state index contributed by atoms with van der Waals surface area (Å²) in [6, 6.07) is 5.60. The fourth-order valence-corrected chi connectivity index (χ4v) is 1.59. The van der Waals surface area contributed by atoms with Crippen LogP contribution in [0.5, 0.6) is 0 Å². The zero-order chi connectivity index (χ0) is 15.0. The zero-order valence-electron chi connectivity index (χ0n) is 11.1. The largest absolute Gasteiger partial charge is 0.392 e. The van der Waals surface area contributed by atoms with E-state index in [0.29, 0.717) is 25.1 Å². The zero-order valence-corrected chi connectivity index (χ0v) is 11.1. The third-order valence-electron chi connectivity index (χ3n) is 2.73. The summed E-state index contributed by atoms with van der Waals surface area (Å²) in [5, 5.41) is 14.0. The molecule has 110 valence electrons. The summed E-state index contributed by atoms with van der Waals surface area (Å²) in [7, 11) is 0. The SMILES string of the molecule is NC(=O)NCCC[C@@H](N)C(=O)Nc1ccc(CO)cc1. The number of rotatable bonds is 7. The van der Waals surface area contributed by atoms with Crippen LogP contribution in [0.15, 0.2) is 24.3 Å². The van der Waals surface area contributed by atoms with Crippen LogP contribution in [-0.2, 0) is 11.4 Å². The molecule has 0 aliphatic heterocycles. The lowest BCUT2D eigenvalue weighted by atomic mass is 10.1. The van der Waals surface area contributed by atoms with Crippen LogP contribution in [-0.4, -0.2) is 29.6 Å². The van der Waals surface area contributed by atoms with Crippen LogP contribution in [0.4, 0.5) is 10.5 Å². The Morgan fingerprint density at radius 3 is 2.45 bits per heavy atom. The van der Waals surface area contributed by atoms with E-state index in [4.69, 9.17) is 16.6 Å². The molecular weight excluding hydrogens is 260 g/mol. The number of anilines is 1. The van der Waals surface area contributed by atoms with Crippen molar-refractivity contribution >= 4 is 17.6 Å². The van der Waals surface area contributed by atoms with Crippen molar-refractivity contribution in [3.05, 3.63) is 29.8 Å². The maximum atomic E-state index is 11.8. The third kappa shape index (κ3) is 5.68. The van der Waals surface area contributed by atoms with Crippen LogP contribution >= 0.6 is 0 Å². The Morgan fingerprint density at radius 2 is 1.90 bits per heavy atom. The highest BCUT2D eigenvalue weighted by atomic mass is 16.3. The van der Waals surface area contributed by atoms with E-state index in [-0.39, 0.29) is 12.5 Å². The standard InChI is InChI=1S/C13H20N4O3/c14-11(2-1-7-16-13(15)20)12(19)17-10-5-3-9(8-18)4-6-10/h3-6,11,18H,1-2,7-8,14H2,(H,17,19)(H3,15,16,20)/t11-/m1/s1. The Bertz CT molecular complexity index is 447. The lowest BCUT2D eigenvalue weighted by Crippen LogP contribution is -2.37. The van der Waals surface area contributed by atoms with Crippen molar-refractivity contribution in [2.24, 2.45) is 11.5 Å². The molecule has 1 rings (SSSR count). The number of aliphatic hydroxyl groups is 1. The van der Waals surface area contributed by atoms with Gasteiger partial charge in [-0.05, 0) is 30.5 Å². The molecule has 0 radical (unpaired) electrons. The number of carbonyl (C=O) groups excluding carboxylic acids is 2. The van der Waals surface area contributed by atoms with Crippen LogP contribution < -0.4 is 22.1 Å². The fraction of sp³-hybridized carbons (Fsp3) is 0.385. The monoisotopic (exact) mass is 280 g/mol. The number of carbonyl (C=O) groups is 2. The molecule has 20 heavy (non-hydrogen) atoms. The highest BCUT2D eigenvalue weighted by Crippen LogP contribution is 2.10. The van der Waals surface area contributed by atoms with E-state index in [1.165, 1.54) is 0 Å². The number of hydrogen-bond donors (Lipinski definition) is 5. The van der Waals surface area contributed by atoms with Gasteiger partial charge >= 0.3 is 6.03 Å². The number of hydrogen-bond acceptors (Lipinski definition) is 4. The minimum atomic E-state index is -0.651. The van der Waals surface area contributed by atoms with Gasteiger partial charge in [0.05, 0.1) is 12.6 Å². The summed E-state index contributed by atoms with van der Waals surface area (Å²) in [5.74, 6) is -0.291. The molecular formula is C13H20N4O3. The van der Waals surface area contributed by atoms with E-state index in [1.54, 1.807) is 24.3 Å². The van der Waals surface area contributed by atoms with E-state index < -0.39 is 12.1 Å². The van der Waals surface area contributed by atoms with Gasteiger partial charge in [-0.25, -0.2) is 4.79 Å². The quantitative estimate of drug-likeness (QED) is 0.446. The van der Waals surface area contributed by atoms with Gasteiger partial charge in [-0.1, -0.05) is 12.1 Å². The van der Waals surface area contributed by atoms with Crippen LogP contribution in [0.25, 0.3) is 0 Å². The Hall–Kier alpha value is -2.12. The molecule has 7 nitrogen and oxygen atoms in total. The van der Waals surface area contributed by atoms with E-state index >= 15 is 0 Å². The molecule has 1 aromatic carbocycles. The number of benzene rings is 1. The first-order chi connectivity index (χ1) is 9.52. The number of nitrogens with one attached hydrogen (secondary N) is 2. The predicted octanol–water partition coefficient (Wildman–Crippen LogP) is -0.107. The van der Waals surface area contributed by atoms with Crippen LogP contribution in [0.1, 0.15) is 18.4 Å². The minimum Gasteiger partial charge on any atom is -0.392 e. The second kappa shape index (κ2) is 8.13. The van der Waals surface area contributed by atoms with Gasteiger partial charge in [0.2, 0.25) is 5.91 Å². The lowest BCUT2D eigenvalue weighted by Gasteiger charge is -2.12. The molecule has 0 aliphatic rings. The lowest BCUT2D eigenvalue weighted by molar-refractivity contribution is -0.117. The molecule has 0 aliphatic carbocycles. The first-order valence-corrected chi connectivity index (χ1v) is 6.32. The van der Waals surface area contributed by atoms with Crippen molar-refractivity contribution in [2.45, 2.75) is 25.5 Å². The van der Waals surface area contributed by atoms with Crippen molar-refractivity contribution in [1.29, 1.82) is 0 Å². The van der Waals surface area contributed by atoms with Crippen molar-refractivity contribution in [1.82, 2.24) is 5.32 Å².